The Balaban J connectivity index is 1.86. The maximum Gasteiger partial charge on any atom is 0.0315 e. The zero-order valence-electron chi connectivity index (χ0n) is 10.1. The van der Waals surface area contributed by atoms with E-state index in [1.54, 1.807) is 0 Å². The molecule has 1 aliphatic rings. The number of thioether (sulfide) groups is 1. The monoisotopic (exact) mass is 236 g/mol. The Morgan fingerprint density at radius 2 is 2.38 bits per heavy atom. The summed E-state index contributed by atoms with van der Waals surface area (Å²) in [5.41, 5.74) is 1.28. The number of pyridine rings is 1. The van der Waals surface area contributed by atoms with Gasteiger partial charge in [0.15, 0.2) is 0 Å². The van der Waals surface area contributed by atoms with Crippen molar-refractivity contribution in [3.63, 3.8) is 0 Å². The Morgan fingerprint density at radius 1 is 1.56 bits per heavy atom. The fourth-order valence-corrected chi connectivity index (χ4v) is 3.04. The Kier molecular flexibility index (Phi) is 3.87. The van der Waals surface area contributed by atoms with E-state index in [0.717, 1.165) is 6.54 Å². The zero-order chi connectivity index (χ0) is 11.4. The lowest BCUT2D eigenvalue weighted by atomic mass is 9.84. The average Bonchev–Trinajstić information content (AvgIpc) is 2.29. The van der Waals surface area contributed by atoms with Crippen molar-refractivity contribution in [3.8, 4) is 0 Å². The van der Waals surface area contributed by atoms with Crippen molar-refractivity contribution in [2.45, 2.75) is 37.0 Å². The van der Waals surface area contributed by atoms with Crippen LogP contribution in [-0.2, 0) is 0 Å². The standard InChI is InChI=1S/C13H20N2S/c1-11(12-5-3-8-14-9-12)15-10-13(16-2)6-4-7-13/h3,5,8-9,11,15H,4,6-7,10H2,1-2H3. The molecule has 2 rings (SSSR count). The first-order chi connectivity index (χ1) is 7.76. The van der Waals surface area contributed by atoms with Gasteiger partial charge >= 0.3 is 0 Å². The lowest BCUT2D eigenvalue weighted by molar-refractivity contribution is 0.334. The number of nitrogens with zero attached hydrogens (tertiary/aromatic N) is 1. The fourth-order valence-electron chi connectivity index (χ4n) is 2.11. The summed E-state index contributed by atoms with van der Waals surface area (Å²) in [4.78, 5) is 4.16. The van der Waals surface area contributed by atoms with E-state index in [9.17, 15) is 0 Å². The van der Waals surface area contributed by atoms with E-state index in [0.29, 0.717) is 10.8 Å². The molecule has 2 nitrogen and oxygen atoms in total. The maximum atomic E-state index is 4.16. The lowest BCUT2D eigenvalue weighted by Crippen LogP contribution is -2.44. The molecule has 3 heteroatoms. The van der Waals surface area contributed by atoms with Crippen LogP contribution < -0.4 is 5.32 Å². The van der Waals surface area contributed by atoms with E-state index in [4.69, 9.17) is 0 Å². The van der Waals surface area contributed by atoms with E-state index in [1.165, 1.54) is 24.8 Å². The summed E-state index contributed by atoms with van der Waals surface area (Å²) in [5.74, 6) is 0. The summed E-state index contributed by atoms with van der Waals surface area (Å²) >= 11 is 2.02. The number of nitrogens with one attached hydrogen (secondary N) is 1. The van der Waals surface area contributed by atoms with E-state index in [1.807, 2.05) is 30.2 Å². The lowest BCUT2D eigenvalue weighted by Gasteiger charge is -2.41. The first-order valence-corrected chi connectivity index (χ1v) is 7.17. The number of hydrogen-bond donors (Lipinski definition) is 1. The second-order valence-corrected chi connectivity index (χ2v) is 5.90. The van der Waals surface area contributed by atoms with Gasteiger partial charge in [0, 0.05) is 29.7 Å². The molecular weight excluding hydrogens is 216 g/mol. The van der Waals surface area contributed by atoms with Crippen molar-refractivity contribution in [2.75, 3.05) is 12.8 Å². The molecule has 0 saturated heterocycles. The molecule has 1 heterocycles. The van der Waals surface area contributed by atoms with Gasteiger partial charge in [0.25, 0.3) is 0 Å². The van der Waals surface area contributed by atoms with Gasteiger partial charge in [-0.1, -0.05) is 12.5 Å². The minimum atomic E-state index is 0.401. The van der Waals surface area contributed by atoms with Crippen molar-refractivity contribution in [1.29, 1.82) is 0 Å². The molecule has 1 aliphatic carbocycles. The minimum Gasteiger partial charge on any atom is -0.309 e. The number of aromatic nitrogens is 1. The summed E-state index contributed by atoms with van der Waals surface area (Å²) in [6, 6.07) is 4.54. The smallest absolute Gasteiger partial charge is 0.0315 e. The summed E-state index contributed by atoms with van der Waals surface area (Å²) in [7, 11) is 0. The molecule has 1 aromatic heterocycles. The largest absolute Gasteiger partial charge is 0.309 e. The van der Waals surface area contributed by atoms with Crippen LogP contribution in [0.2, 0.25) is 0 Å². The summed E-state index contributed by atoms with van der Waals surface area (Å²) in [6.07, 6.45) is 10.1. The third kappa shape index (κ3) is 2.58. The predicted molar refractivity (Wildman–Crippen MR) is 70.8 cm³/mol. The number of hydrogen-bond acceptors (Lipinski definition) is 3. The van der Waals surface area contributed by atoms with Gasteiger partial charge in [0.2, 0.25) is 0 Å². The van der Waals surface area contributed by atoms with Crippen molar-refractivity contribution in [1.82, 2.24) is 10.3 Å². The second-order valence-electron chi connectivity index (χ2n) is 4.63. The SMILES string of the molecule is CSC1(CNC(C)c2cccnc2)CCC1. The van der Waals surface area contributed by atoms with Crippen molar-refractivity contribution in [3.05, 3.63) is 30.1 Å². The van der Waals surface area contributed by atoms with Crippen LogP contribution in [0.1, 0.15) is 37.8 Å². The third-order valence-corrected chi connectivity index (χ3v) is 5.03. The first-order valence-electron chi connectivity index (χ1n) is 5.94. The van der Waals surface area contributed by atoms with Crippen LogP contribution in [-0.4, -0.2) is 22.5 Å². The van der Waals surface area contributed by atoms with E-state index < -0.39 is 0 Å². The van der Waals surface area contributed by atoms with E-state index in [-0.39, 0.29) is 0 Å². The Morgan fingerprint density at radius 3 is 2.88 bits per heavy atom. The van der Waals surface area contributed by atoms with Gasteiger partial charge in [-0.15, -0.1) is 0 Å². The molecule has 1 unspecified atom stereocenters. The van der Waals surface area contributed by atoms with Crippen LogP contribution in [0.4, 0.5) is 0 Å². The highest BCUT2D eigenvalue weighted by atomic mass is 32.2. The molecule has 0 aliphatic heterocycles. The van der Waals surface area contributed by atoms with Gasteiger partial charge in [0.1, 0.15) is 0 Å². The van der Waals surface area contributed by atoms with Crippen LogP contribution in [0.5, 0.6) is 0 Å². The summed E-state index contributed by atoms with van der Waals surface area (Å²) in [5, 5.41) is 3.63. The molecule has 0 bridgehead atoms. The molecule has 1 atom stereocenters. The topological polar surface area (TPSA) is 24.9 Å². The van der Waals surface area contributed by atoms with Crippen molar-refractivity contribution >= 4 is 11.8 Å². The normalized spacial score (nSPS) is 20.1. The molecule has 0 amide bonds. The number of rotatable bonds is 5. The van der Waals surface area contributed by atoms with Gasteiger partial charge < -0.3 is 5.32 Å². The van der Waals surface area contributed by atoms with Gasteiger partial charge in [-0.05, 0) is 37.7 Å². The molecule has 1 N–H and O–H groups in total. The zero-order valence-corrected chi connectivity index (χ0v) is 10.9. The molecule has 0 aromatic carbocycles. The highest BCUT2D eigenvalue weighted by molar-refractivity contribution is 8.00. The predicted octanol–water partition coefficient (Wildman–Crippen LogP) is 3.02. The van der Waals surface area contributed by atoms with Crippen LogP contribution in [0.25, 0.3) is 0 Å². The van der Waals surface area contributed by atoms with Crippen LogP contribution >= 0.6 is 11.8 Å². The second kappa shape index (κ2) is 5.19. The average molecular weight is 236 g/mol. The van der Waals surface area contributed by atoms with Crippen molar-refractivity contribution in [2.24, 2.45) is 0 Å². The Bertz CT molecular complexity index is 316. The van der Waals surface area contributed by atoms with Gasteiger partial charge in [-0.25, -0.2) is 0 Å². The van der Waals surface area contributed by atoms with Crippen molar-refractivity contribution < 1.29 is 0 Å². The Hall–Kier alpha value is -0.540. The van der Waals surface area contributed by atoms with E-state index >= 15 is 0 Å². The molecule has 0 radical (unpaired) electrons. The van der Waals surface area contributed by atoms with Gasteiger partial charge in [-0.2, -0.15) is 11.8 Å². The molecule has 0 spiro atoms. The summed E-state index contributed by atoms with van der Waals surface area (Å²) < 4.78 is 0.510. The maximum absolute atomic E-state index is 4.16. The van der Waals surface area contributed by atoms with Gasteiger partial charge in [0.05, 0.1) is 0 Å². The molecule has 1 saturated carbocycles. The van der Waals surface area contributed by atoms with Crippen LogP contribution in [0, 0.1) is 0 Å². The minimum absolute atomic E-state index is 0.401. The molecule has 16 heavy (non-hydrogen) atoms. The molecule has 1 fully saturated rings. The summed E-state index contributed by atoms with van der Waals surface area (Å²) in [6.45, 7) is 3.33. The van der Waals surface area contributed by atoms with Crippen LogP contribution in [0.3, 0.4) is 0 Å². The molecule has 88 valence electrons. The molecular formula is C13H20N2S. The third-order valence-electron chi connectivity index (χ3n) is 3.61. The van der Waals surface area contributed by atoms with Crippen LogP contribution in [0.15, 0.2) is 24.5 Å². The van der Waals surface area contributed by atoms with Gasteiger partial charge in [-0.3, -0.25) is 4.98 Å². The first kappa shape index (κ1) is 11.9. The fraction of sp³-hybridized carbons (Fsp3) is 0.615. The Labute approximate surface area is 102 Å². The quantitative estimate of drug-likeness (QED) is 0.850. The molecule has 1 aromatic rings. The van der Waals surface area contributed by atoms with E-state index in [2.05, 4.69) is 29.5 Å². The highest BCUT2D eigenvalue weighted by Gasteiger charge is 2.35. The highest BCUT2D eigenvalue weighted by Crippen LogP contribution is 2.42.